The molecule has 2 N–H and O–H groups in total. The number of benzene rings is 1. The molecule has 1 aliphatic rings. The van der Waals surface area contributed by atoms with E-state index >= 15 is 0 Å². The van der Waals surface area contributed by atoms with Crippen LogP contribution in [-0.2, 0) is 23.2 Å². The molecule has 0 spiro atoms. The molecule has 0 saturated heterocycles. The van der Waals surface area contributed by atoms with Crippen molar-refractivity contribution in [3.05, 3.63) is 35.4 Å². The van der Waals surface area contributed by atoms with Crippen molar-refractivity contribution >= 4 is 22.6 Å². The van der Waals surface area contributed by atoms with Gasteiger partial charge in [0, 0.05) is 25.7 Å². The molecule has 0 bridgehead atoms. The van der Waals surface area contributed by atoms with Gasteiger partial charge < -0.3 is 5.32 Å². The third-order valence-corrected chi connectivity index (χ3v) is 5.02. The lowest BCUT2D eigenvalue weighted by Gasteiger charge is -2.28. The van der Waals surface area contributed by atoms with Crippen molar-refractivity contribution in [1.29, 1.82) is 0 Å². The van der Waals surface area contributed by atoms with E-state index in [0.29, 0.717) is 19.6 Å². The highest BCUT2D eigenvalue weighted by atomic mass is 35.5. The molecule has 0 fully saturated rings. The van der Waals surface area contributed by atoms with Gasteiger partial charge >= 0.3 is 0 Å². The SMILES string of the molecule is CNC(C)CNS(=O)(=O)N1CCc2ccccc2C1.Cl. The minimum absolute atomic E-state index is 0. The first-order valence-corrected chi connectivity index (χ1v) is 7.95. The van der Waals surface area contributed by atoms with Gasteiger partial charge in [-0.1, -0.05) is 24.3 Å². The van der Waals surface area contributed by atoms with Crippen LogP contribution in [0.5, 0.6) is 0 Å². The number of likely N-dealkylation sites (N-methyl/N-ethyl adjacent to an activating group) is 1. The van der Waals surface area contributed by atoms with Crippen LogP contribution in [0.3, 0.4) is 0 Å². The molecule has 7 heteroatoms. The second-order valence-electron chi connectivity index (χ2n) is 4.90. The topological polar surface area (TPSA) is 61.4 Å². The second-order valence-corrected chi connectivity index (χ2v) is 6.65. The zero-order valence-corrected chi connectivity index (χ0v) is 13.4. The van der Waals surface area contributed by atoms with E-state index in [4.69, 9.17) is 0 Å². The number of hydrogen-bond donors (Lipinski definition) is 2. The fourth-order valence-corrected chi connectivity index (χ4v) is 3.38. The van der Waals surface area contributed by atoms with Crippen molar-refractivity contribution in [2.75, 3.05) is 20.1 Å². The van der Waals surface area contributed by atoms with Crippen molar-refractivity contribution < 1.29 is 8.42 Å². The Morgan fingerprint density at radius 1 is 1.30 bits per heavy atom. The van der Waals surface area contributed by atoms with Crippen LogP contribution in [0.2, 0.25) is 0 Å². The lowest BCUT2D eigenvalue weighted by Crippen LogP contribution is -2.46. The monoisotopic (exact) mass is 319 g/mol. The molecule has 1 heterocycles. The molecule has 114 valence electrons. The Morgan fingerprint density at radius 3 is 2.60 bits per heavy atom. The van der Waals surface area contributed by atoms with Crippen LogP contribution in [0.25, 0.3) is 0 Å². The average Bonchev–Trinajstić information content (AvgIpc) is 2.44. The van der Waals surface area contributed by atoms with E-state index < -0.39 is 10.2 Å². The van der Waals surface area contributed by atoms with Gasteiger partial charge in [-0.05, 0) is 31.5 Å². The quantitative estimate of drug-likeness (QED) is 0.848. The van der Waals surface area contributed by atoms with Crippen molar-refractivity contribution in [1.82, 2.24) is 14.3 Å². The first-order chi connectivity index (χ1) is 9.03. The summed E-state index contributed by atoms with van der Waals surface area (Å²) in [5.74, 6) is 0. The molecule has 1 aliphatic heterocycles. The maximum Gasteiger partial charge on any atom is 0.279 e. The lowest BCUT2D eigenvalue weighted by atomic mass is 10.0. The van der Waals surface area contributed by atoms with E-state index in [1.807, 2.05) is 32.2 Å². The smallest absolute Gasteiger partial charge is 0.279 e. The van der Waals surface area contributed by atoms with Gasteiger partial charge in [-0.3, -0.25) is 0 Å². The molecule has 1 aromatic carbocycles. The largest absolute Gasteiger partial charge is 0.316 e. The van der Waals surface area contributed by atoms with Crippen molar-refractivity contribution in [2.24, 2.45) is 0 Å². The standard InChI is InChI=1S/C13H21N3O2S.ClH/c1-11(14-2)9-15-19(17,18)16-8-7-12-5-3-4-6-13(12)10-16;/h3-6,11,14-15H,7-10H2,1-2H3;1H. The Morgan fingerprint density at radius 2 is 1.95 bits per heavy atom. The summed E-state index contributed by atoms with van der Waals surface area (Å²) in [5.41, 5.74) is 2.35. The molecule has 1 atom stereocenters. The molecular formula is C13H22ClN3O2S. The summed E-state index contributed by atoms with van der Waals surface area (Å²) in [5, 5.41) is 3.01. The summed E-state index contributed by atoms with van der Waals surface area (Å²) in [4.78, 5) is 0. The van der Waals surface area contributed by atoms with E-state index in [1.54, 1.807) is 0 Å². The van der Waals surface area contributed by atoms with Gasteiger partial charge in [-0.15, -0.1) is 12.4 Å². The van der Waals surface area contributed by atoms with E-state index in [-0.39, 0.29) is 18.4 Å². The van der Waals surface area contributed by atoms with Crippen LogP contribution in [0.4, 0.5) is 0 Å². The van der Waals surface area contributed by atoms with Crippen LogP contribution in [0.15, 0.2) is 24.3 Å². The van der Waals surface area contributed by atoms with Gasteiger partial charge in [0.1, 0.15) is 0 Å². The van der Waals surface area contributed by atoms with Crippen LogP contribution in [-0.4, -0.2) is 38.9 Å². The third-order valence-electron chi connectivity index (χ3n) is 3.50. The van der Waals surface area contributed by atoms with Gasteiger partial charge in [0.25, 0.3) is 10.2 Å². The van der Waals surface area contributed by atoms with Gasteiger partial charge in [-0.25, -0.2) is 4.72 Å². The summed E-state index contributed by atoms with van der Waals surface area (Å²) in [6.45, 7) is 3.34. The van der Waals surface area contributed by atoms with Crippen molar-refractivity contribution in [2.45, 2.75) is 25.9 Å². The number of halogens is 1. The summed E-state index contributed by atoms with van der Waals surface area (Å²) in [6, 6.07) is 8.12. The molecule has 0 radical (unpaired) electrons. The summed E-state index contributed by atoms with van der Waals surface area (Å²) in [6.07, 6.45) is 0.776. The highest BCUT2D eigenvalue weighted by Gasteiger charge is 2.26. The van der Waals surface area contributed by atoms with Crippen molar-refractivity contribution in [3.63, 3.8) is 0 Å². The molecule has 0 amide bonds. The zero-order valence-electron chi connectivity index (χ0n) is 11.8. The normalized spacial score (nSPS) is 17.1. The molecule has 0 aromatic heterocycles. The van der Waals surface area contributed by atoms with Crippen LogP contribution in [0.1, 0.15) is 18.1 Å². The average molecular weight is 320 g/mol. The van der Waals surface area contributed by atoms with Gasteiger partial charge in [0.05, 0.1) is 0 Å². The molecular weight excluding hydrogens is 298 g/mol. The number of fused-ring (bicyclic) bond motifs is 1. The van der Waals surface area contributed by atoms with Crippen LogP contribution >= 0.6 is 12.4 Å². The van der Waals surface area contributed by atoms with Gasteiger partial charge in [0.2, 0.25) is 0 Å². The Kier molecular flexibility index (Phi) is 6.42. The Labute approximate surface area is 127 Å². The van der Waals surface area contributed by atoms with E-state index in [2.05, 4.69) is 16.1 Å². The number of nitrogens with one attached hydrogen (secondary N) is 2. The molecule has 5 nitrogen and oxygen atoms in total. The highest BCUT2D eigenvalue weighted by Crippen LogP contribution is 2.20. The number of nitrogens with zero attached hydrogens (tertiary/aromatic N) is 1. The maximum absolute atomic E-state index is 12.2. The number of rotatable bonds is 5. The first kappa shape index (κ1) is 17.4. The minimum atomic E-state index is -3.39. The first-order valence-electron chi connectivity index (χ1n) is 6.51. The Balaban J connectivity index is 0.00000200. The summed E-state index contributed by atoms with van der Waals surface area (Å²) >= 11 is 0. The summed E-state index contributed by atoms with van der Waals surface area (Å²) < 4.78 is 28.6. The van der Waals surface area contributed by atoms with E-state index in [1.165, 1.54) is 9.87 Å². The third kappa shape index (κ3) is 4.17. The van der Waals surface area contributed by atoms with E-state index in [0.717, 1.165) is 12.0 Å². The molecule has 20 heavy (non-hydrogen) atoms. The second kappa shape index (κ2) is 7.38. The lowest BCUT2D eigenvalue weighted by molar-refractivity contribution is 0.382. The van der Waals surface area contributed by atoms with Crippen LogP contribution in [0, 0.1) is 0 Å². The fourth-order valence-electron chi connectivity index (χ4n) is 2.10. The van der Waals surface area contributed by atoms with Gasteiger partial charge in [0.15, 0.2) is 0 Å². The zero-order chi connectivity index (χ0) is 13.9. The molecule has 0 aliphatic carbocycles. The summed E-state index contributed by atoms with van der Waals surface area (Å²) in [7, 11) is -1.57. The maximum atomic E-state index is 12.2. The molecule has 0 saturated carbocycles. The fraction of sp³-hybridized carbons (Fsp3) is 0.538. The van der Waals surface area contributed by atoms with Crippen molar-refractivity contribution in [3.8, 4) is 0 Å². The van der Waals surface area contributed by atoms with Crippen LogP contribution < -0.4 is 10.0 Å². The van der Waals surface area contributed by atoms with E-state index in [9.17, 15) is 8.42 Å². The Hall–Kier alpha value is -0.660. The minimum Gasteiger partial charge on any atom is -0.316 e. The predicted octanol–water partition coefficient (Wildman–Crippen LogP) is 0.909. The molecule has 1 unspecified atom stereocenters. The highest BCUT2D eigenvalue weighted by molar-refractivity contribution is 7.87. The molecule has 2 rings (SSSR count). The van der Waals surface area contributed by atoms with Gasteiger partial charge in [-0.2, -0.15) is 12.7 Å². The Bertz CT molecular complexity index is 536. The predicted molar refractivity (Wildman–Crippen MR) is 83.2 cm³/mol. The number of hydrogen-bond acceptors (Lipinski definition) is 3. The molecule has 1 aromatic rings.